The first kappa shape index (κ1) is 28.0. The zero-order valence-corrected chi connectivity index (χ0v) is 27.4. The van der Waals surface area contributed by atoms with Gasteiger partial charge in [0.2, 0.25) is 0 Å². The molecule has 1 aliphatic heterocycles. The molecule has 234 valence electrons. The van der Waals surface area contributed by atoms with Crippen LogP contribution in [-0.4, -0.2) is 0 Å². The molecular formula is C46H34N2O. The Morgan fingerprint density at radius 1 is 0.510 bits per heavy atom. The van der Waals surface area contributed by atoms with Gasteiger partial charge >= 0.3 is 0 Å². The average molecular weight is 631 g/mol. The molecule has 10 rings (SSSR count). The molecule has 2 aliphatic rings. The number of nitrogens with zero attached hydrogens (tertiary/aromatic N) is 1. The SMILES string of the molecule is CC1(C)c2ccccc2-c2ccc(N(c3ccc4ccccc4c3)c3ccc4c(c3)c3c(c5ccccc54)NC(c4ccccc4)O3)cc21. The number of fused-ring (bicyclic) bond motifs is 10. The Balaban J connectivity index is 1.20. The van der Waals surface area contributed by atoms with Crippen molar-refractivity contribution in [3.8, 4) is 16.9 Å². The van der Waals surface area contributed by atoms with Crippen molar-refractivity contribution < 1.29 is 4.74 Å². The van der Waals surface area contributed by atoms with Crippen LogP contribution < -0.4 is 15.0 Å². The molecule has 8 aromatic rings. The van der Waals surface area contributed by atoms with Crippen molar-refractivity contribution in [1.29, 1.82) is 0 Å². The van der Waals surface area contributed by atoms with Gasteiger partial charge in [-0.3, -0.25) is 0 Å². The summed E-state index contributed by atoms with van der Waals surface area (Å²) in [5.74, 6) is 0.897. The monoisotopic (exact) mass is 630 g/mol. The zero-order valence-electron chi connectivity index (χ0n) is 27.4. The lowest BCUT2D eigenvalue weighted by molar-refractivity contribution is 0.262. The first-order valence-electron chi connectivity index (χ1n) is 17.0. The summed E-state index contributed by atoms with van der Waals surface area (Å²) in [5, 5.41) is 10.8. The molecule has 1 aliphatic carbocycles. The van der Waals surface area contributed by atoms with Crippen LogP contribution in [0.1, 0.15) is 36.8 Å². The van der Waals surface area contributed by atoms with E-state index in [1.54, 1.807) is 0 Å². The Hall–Kier alpha value is -6.06. The van der Waals surface area contributed by atoms with Gasteiger partial charge in [0.1, 0.15) is 0 Å². The minimum atomic E-state index is -0.258. The summed E-state index contributed by atoms with van der Waals surface area (Å²) in [6.45, 7) is 4.69. The van der Waals surface area contributed by atoms with Gasteiger partial charge in [0.15, 0.2) is 12.0 Å². The van der Waals surface area contributed by atoms with Gasteiger partial charge in [0.05, 0.1) is 5.69 Å². The second kappa shape index (κ2) is 10.5. The Morgan fingerprint density at radius 2 is 1.14 bits per heavy atom. The molecule has 0 spiro atoms. The Bertz CT molecular complexity index is 2600. The average Bonchev–Trinajstić information content (AvgIpc) is 3.70. The van der Waals surface area contributed by atoms with Crippen molar-refractivity contribution >= 4 is 55.1 Å². The maximum absolute atomic E-state index is 6.81. The fraction of sp³-hybridized carbons (Fsp3) is 0.0870. The topological polar surface area (TPSA) is 24.5 Å². The predicted octanol–water partition coefficient (Wildman–Crippen LogP) is 12.4. The van der Waals surface area contributed by atoms with E-state index in [4.69, 9.17) is 4.74 Å². The van der Waals surface area contributed by atoms with Crippen LogP contribution in [0.3, 0.4) is 0 Å². The first-order valence-corrected chi connectivity index (χ1v) is 17.0. The van der Waals surface area contributed by atoms with Gasteiger partial charge in [-0.15, -0.1) is 0 Å². The number of hydrogen-bond acceptors (Lipinski definition) is 3. The Morgan fingerprint density at radius 3 is 2.02 bits per heavy atom. The van der Waals surface area contributed by atoms with Gasteiger partial charge in [-0.25, -0.2) is 0 Å². The number of anilines is 4. The van der Waals surface area contributed by atoms with Gasteiger partial charge in [0, 0.05) is 38.8 Å². The standard InChI is InChI=1S/C46H34N2O/c1-46(2)41-19-11-10-17-37(41)38-25-23-34(28-42(38)46)48(32-21-20-29-12-6-7-15-31(29)26-32)33-22-24-36-35-16-8-9-18-39(35)43-44(40(36)27-33)49-45(47-43)30-13-4-3-5-14-30/h3-28,45,47H,1-2H3. The fourth-order valence-electron chi connectivity index (χ4n) is 8.20. The molecule has 1 atom stereocenters. The van der Waals surface area contributed by atoms with Crippen LogP contribution in [0.25, 0.3) is 43.4 Å². The number of benzene rings is 8. The molecule has 1 N–H and O–H groups in total. The lowest BCUT2D eigenvalue weighted by Crippen LogP contribution is -2.16. The molecule has 3 nitrogen and oxygen atoms in total. The summed E-state index contributed by atoms with van der Waals surface area (Å²) in [7, 11) is 0. The van der Waals surface area contributed by atoms with Crippen LogP contribution >= 0.6 is 0 Å². The molecule has 8 aromatic carbocycles. The fourth-order valence-corrected chi connectivity index (χ4v) is 8.20. The van der Waals surface area contributed by atoms with E-state index in [0.29, 0.717) is 0 Å². The van der Waals surface area contributed by atoms with E-state index in [9.17, 15) is 0 Å². The third-order valence-corrected chi connectivity index (χ3v) is 10.6. The summed E-state index contributed by atoms with van der Waals surface area (Å²) in [5.41, 5.74) is 10.8. The molecule has 0 aromatic heterocycles. The predicted molar refractivity (Wildman–Crippen MR) is 205 cm³/mol. The van der Waals surface area contributed by atoms with E-state index >= 15 is 0 Å². The van der Waals surface area contributed by atoms with Crippen LogP contribution in [0.15, 0.2) is 158 Å². The number of rotatable bonds is 4. The summed E-state index contributed by atoms with van der Waals surface area (Å²) in [6.07, 6.45) is -0.258. The number of nitrogens with one attached hydrogen (secondary N) is 1. The van der Waals surface area contributed by atoms with Crippen molar-refractivity contribution in [2.75, 3.05) is 10.2 Å². The van der Waals surface area contributed by atoms with E-state index in [-0.39, 0.29) is 11.6 Å². The summed E-state index contributed by atoms with van der Waals surface area (Å²) in [4.78, 5) is 2.41. The summed E-state index contributed by atoms with van der Waals surface area (Å²) in [6, 6.07) is 57.1. The number of hydrogen-bond donors (Lipinski definition) is 1. The third-order valence-electron chi connectivity index (χ3n) is 10.6. The minimum Gasteiger partial charge on any atom is -0.464 e. The van der Waals surface area contributed by atoms with Gasteiger partial charge in [-0.1, -0.05) is 135 Å². The molecule has 0 fully saturated rings. The highest BCUT2D eigenvalue weighted by molar-refractivity contribution is 6.18. The molecule has 0 saturated carbocycles. The molecule has 0 bridgehead atoms. The normalized spacial score (nSPS) is 15.4. The van der Waals surface area contributed by atoms with E-state index in [2.05, 4.69) is 176 Å². The summed E-state index contributed by atoms with van der Waals surface area (Å²) >= 11 is 0. The van der Waals surface area contributed by atoms with E-state index < -0.39 is 0 Å². The largest absolute Gasteiger partial charge is 0.464 e. The molecule has 49 heavy (non-hydrogen) atoms. The highest BCUT2D eigenvalue weighted by Crippen LogP contribution is 2.52. The van der Waals surface area contributed by atoms with Gasteiger partial charge in [0.25, 0.3) is 0 Å². The third kappa shape index (κ3) is 4.22. The van der Waals surface area contributed by atoms with Crippen molar-refractivity contribution in [3.05, 3.63) is 174 Å². The Kier molecular flexibility index (Phi) is 5.98. The van der Waals surface area contributed by atoms with Crippen LogP contribution in [0.4, 0.5) is 22.7 Å². The van der Waals surface area contributed by atoms with Crippen molar-refractivity contribution in [1.82, 2.24) is 0 Å². The van der Waals surface area contributed by atoms with Gasteiger partial charge in [-0.2, -0.15) is 0 Å². The van der Waals surface area contributed by atoms with Crippen molar-refractivity contribution in [2.45, 2.75) is 25.5 Å². The quantitative estimate of drug-likeness (QED) is 0.196. The van der Waals surface area contributed by atoms with Gasteiger partial charge < -0.3 is 15.0 Å². The van der Waals surface area contributed by atoms with Crippen LogP contribution in [0, 0.1) is 0 Å². The minimum absolute atomic E-state index is 0.105. The highest BCUT2D eigenvalue weighted by atomic mass is 16.5. The second-order valence-corrected chi connectivity index (χ2v) is 13.8. The van der Waals surface area contributed by atoms with Crippen LogP contribution in [0.2, 0.25) is 0 Å². The van der Waals surface area contributed by atoms with Crippen molar-refractivity contribution in [3.63, 3.8) is 0 Å². The van der Waals surface area contributed by atoms with E-state index in [1.165, 1.54) is 49.2 Å². The maximum Gasteiger partial charge on any atom is 0.196 e. The molecule has 3 heteroatoms. The molecule has 1 heterocycles. The van der Waals surface area contributed by atoms with Crippen LogP contribution in [0.5, 0.6) is 5.75 Å². The zero-order chi connectivity index (χ0) is 32.7. The second-order valence-electron chi connectivity index (χ2n) is 13.8. The lowest BCUT2D eigenvalue weighted by atomic mass is 9.82. The van der Waals surface area contributed by atoms with Gasteiger partial charge in [-0.05, 0) is 80.2 Å². The van der Waals surface area contributed by atoms with E-state index in [0.717, 1.165) is 39.4 Å². The molecular weight excluding hydrogens is 597 g/mol. The first-order chi connectivity index (χ1) is 24.0. The Labute approximate surface area is 286 Å². The molecule has 0 amide bonds. The van der Waals surface area contributed by atoms with E-state index in [1.807, 2.05) is 6.07 Å². The number of ether oxygens (including phenoxy) is 1. The van der Waals surface area contributed by atoms with Crippen LogP contribution in [-0.2, 0) is 5.41 Å². The maximum atomic E-state index is 6.81. The molecule has 0 radical (unpaired) electrons. The van der Waals surface area contributed by atoms with Crippen molar-refractivity contribution in [2.24, 2.45) is 0 Å². The smallest absolute Gasteiger partial charge is 0.196 e. The molecule has 0 saturated heterocycles. The highest BCUT2D eigenvalue weighted by Gasteiger charge is 2.36. The molecule has 1 unspecified atom stereocenters. The summed E-state index contributed by atoms with van der Waals surface area (Å²) < 4.78 is 6.81. The lowest BCUT2D eigenvalue weighted by Gasteiger charge is -2.29.